The minimum Gasteiger partial charge on any atom is -0.392 e. The number of piperidine rings is 1. The summed E-state index contributed by atoms with van der Waals surface area (Å²) in [6.07, 6.45) is 4.29. The van der Waals surface area contributed by atoms with Crippen molar-refractivity contribution >= 4 is 5.65 Å². The van der Waals surface area contributed by atoms with E-state index in [-0.39, 0.29) is 6.61 Å². The van der Waals surface area contributed by atoms with Gasteiger partial charge in [0.2, 0.25) is 0 Å². The van der Waals surface area contributed by atoms with E-state index in [4.69, 9.17) is 5.11 Å². The van der Waals surface area contributed by atoms with E-state index < -0.39 is 0 Å². The first-order valence-corrected chi connectivity index (χ1v) is 8.54. The summed E-state index contributed by atoms with van der Waals surface area (Å²) < 4.78 is 2.12. The number of nitrogens with zero attached hydrogens (tertiary/aromatic N) is 4. The van der Waals surface area contributed by atoms with Crippen molar-refractivity contribution in [2.75, 3.05) is 13.1 Å². The van der Waals surface area contributed by atoms with Crippen LogP contribution in [0.25, 0.3) is 5.65 Å². The molecule has 0 bridgehead atoms. The summed E-state index contributed by atoms with van der Waals surface area (Å²) in [6.45, 7) is 3.24. The van der Waals surface area contributed by atoms with Crippen molar-refractivity contribution < 1.29 is 5.11 Å². The van der Waals surface area contributed by atoms with Crippen molar-refractivity contribution in [3.63, 3.8) is 0 Å². The molecule has 0 amide bonds. The quantitative estimate of drug-likeness (QED) is 0.802. The zero-order chi connectivity index (χ0) is 16.4. The number of aliphatic hydroxyl groups is 1. The molecule has 24 heavy (non-hydrogen) atoms. The van der Waals surface area contributed by atoms with Crippen LogP contribution in [0.4, 0.5) is 0 Å². The zero-order valence-electron chi connectivity index (χ0n) is 13.7. The highest BCUT2D eigenvalue weighted by Gasteiger charge is 2.24. The summed E-state index contributed by atoms with van der Waals surface area (Å²) in [5, 5.41) is 17.8. The fourth-order valence-electron chi connectivity index (χ4n) is 3.50. The third-order valence-electron chi connectivity index (χ3n) is 4.90. The SMILES string of the molecule is OCc1ccc(CN2CCC(c3nnc4ccccn34)CC2)cc1. The molecule has 124 valence electrons. The van der Waals surface area contributed by atoms with E-state index in [0.717, 1.165) is 49.5 Å². The van der Waals surface area contributed by atoms with Crippen LogP contribution in [0.3, 0.4) is 0 Å². The fraction of sp³-hybridized carbons (Fsp3) is 0.368. The van der Waals surface area contributed by atoms with Gasteiger partial charge in [-0.3, -0.25) is 9.30 Å². The maximum absolute atomic E-state index is 9.12. The standard InChI is InChI=1S/C19H22N4O/c24-14-16-6-4-15(5-7-16)13-22-11-8-17(9-12-22)19-21-20-18-3-1-2-10-23(18)19/h1-7,10,17,24H,8-9,11-14H2. The van der Waals surface area contributed by atoms with Gasteiger partial charge in [0, 0.05) is 18.7 Å². The molecule has 5 heteroatoms. The molecule has 1 fully saturated rings. The van der Waals surface area contributed by atoms with Gasteiger partial charge in [0.05, 0.1) is 6.61 Å². The van der Waals surface area contributed by atoms with Gasteiger partial charge in [-0.05, 0) is 49.2 Å². The van der Waals surface area contributed by atoms with E-state index in [0.29, 0.717) is 5.92 Å². The molecular weight excluding hydrogens is 300 g/mol. The summed E-state index contributed by atoms with van der Waals surface area (Å²) in [7, 11) is 0. The molecule has 1 N–H and O–H groups in total. The van der Waals surface area contributed by atoms with E-state index >= 15 is 0 Å². The predicted molar refractivity (Wildman–Crippen MR) is 92.6 cm³/mol. The average molecular weight is 322 g/mol. The van der Waals surface area contributed by atoms with Crippen molar-refractivity contribution in [1.82, 2.24) is 19.5 Å². The first-order chi connectivity index (χ1) is 11.8. The lowest BCUT2D eigenvalue weighted by molar-refractivity contribution is 0.201. The molecule has 1 aliphatic heterocycles. The van der Waals surface area contributed by atoms with Crippen LogP contribution < -0.4 is 0 Å². The van der Waals surface area contributed by atoms with Gasteiger partial charge >= 0.3 is 0 Å². The number of hydrogen-bond acceptors (Lipinski definition) is 4. The summed E-state index contributed by atoms with van der Waals surface area (Å²) in [5.41, 5.74) is 3.20. The van der Waals surface area contributed by atoms with E-state index in [9.17, 15) is 0 Å². The van der Waals surface area contributed by atoms with Crippen molar-refractivity contribution in [3.05, 3.63) is 65.6 Å². The molecule has 0 saturated carbocycles. The van der Waals surface area contributed by atoms with Crippen molar-refractivity contribution in [3.8, 4) is 0 Å². The number of aromatic nitrogens is 3. The van der Waals surface area contributed by atoms with Gasteiger partial charge in [0.15, 0.2) is 5.65 Å². The second kappa shape index (κ2) is 6.71. The summed E-state index contributed by atoms with van der Waals surface area (Å²) in [5.74, 6) is 1.58. The number of benzene rings is 1. The maximum Gasteiger partial charge on any atom is 0.160 e. The number of aliphatic hydroxyl groups excluding tert-OH is 1. The monoisotopic (exact) mass is 322 g/mol. The fourth-order valence-corrected chi connectivity index (χ4v) is 3.50. The van der Waals surface area contributed by atoms with Crippen molar-refractivity contribution in [1.29, 1.82) is 0 Å². The molecule has 3 heterocycles. The molecule has 2 aromatic heterocycles. The van der Waals surface area contributed by atoms with Gasteiger partial charge in [-0.1, -0.05) is 30.3 Å². The highest BCUT2D eigenvalue weighted by atomic mass is 16.3. The van der Waals surface area contributed by atoms with Crippen LogP contribution in [-0.4, -0.2) is 37.7 Å². The summed E-state index contributed by atoms with van der Waals surface area (Å²) in [4.78, 5) is 2.49. The maximum atomic E-state index is 9.12. The number of rotatable bonds is 4. The molecule has 1 saturated heterocycles. The minimum atomic E-state index is 0.109. The number of pyridine rings is 1. The zero-order valence-corrected chi connectivity index (χ0v) is 13.7. The van der Waals surface area contributed by atoms with E-state index in [1.165, 1.54) is 5.56 Å². The van der Waals surface area contributed by atoms with Gasteiger partial charge in [-0.2, -0.15) is 0 Å². The Bertz CT molecular complexity index is 804. The highest BCUT2D eigenvalue weighted by molar-refractivity contribution is 5.37. The first-order valence-electron chi connectivity index (χ1n) is 8.54. The van der Waals surface area contributed by atoms with Gasteiger partial charge in [0.25, 0.3) is 0 Å². The van der Waals surface area contributed by atoms with Gasteiger partial charge in [0.1, 0.15) is 5.82 Å². The Balaban J connectivity index is 1.39. The average Bonchev–Trinajstić information content (AvgIpc) is 3.07. The van der Waals surface area contributed by atoms with E-state index in [1.807, 2.05) is 30.3 Å². The van der Waals surface area contributed by atoms with E-state index in [1.54, 1.807) is 0 Å². The van der Waals surface area contributed by atoms with Crippen molar-refractivity contribution in [2.45, 2.75) is 31.9 Å². The van der Waals surface area contributed by atoms with Gasteiger partial charge in [-0.15, -0.1) is 10.2 Å². The highest BCUT2D eigenvalue weighted by Crippen LogP contribution is 2.27. The molecule has 3 aromatic rings. The van der Waals surface area contributed by atoms with Crippen LogP contribution in [0.5, 0.6) is 0 Å². The molecule has 0 aliphatic carbocycles. The molecule has 1 aromatic carbocycles. The Morgan fingerprint density at radius 2 is 1.71 bits per heavy atom. The predicted octanol–water partition coefficient (Wildman–Crippen LogP) is 2.60. The lowest BCUT2D eigenvalue weighted by Gasteiger charge is -2.31. The third-order valence-corrected chi connectivity index (χ3v) is 4.90. The molecular formula is C19H22N4O. The topological polar surface area (TPSA) is 53.7 Å². The third kappa shape index (κ3) is 3.05. The van der Waals surface area contributed by atoms with Gasteiger partial charge < -0.3 is 5.11 Å². The second-order valence-corrected chi connectivity index (χ2v) is 6.51. The Hall–Kier alpha value is -2.24. The Kier molecular flexibility index (Phi) is 4.28. The number of likely N-dealkylation sites (tertiary alicyclic amines) is 1. The normalized spacial score (nSPS) is 16.7. The smallest absolute Gasteiger partial charge is 0.160 e. The van der Waals surface area contributed by atoms with Crippen LogP contribution in [0.2, 0.25) is 0 Å². The van der Waals surface area contributed by atoms with Crippen LogP contribution in [-0.2, 0) is 13.2 Å². The summed E-state index contributed by atoms with van der Waals surface area (Å²) >= 11 is 0. The number of hydrogen-bond donors (Lipinski definition) is 1. The molecule has 5 nitrogen and oxygen atoms in total. The minimum absolute atomic E-state index is 0.109. The van der Waals surface area contributed by atoms with Crippen LogP contribution in [0.1, 0.15) is 35.7 Å². The molecule has 0 radical (unpaired) electrons. The molecule has 1 aliphatic rings. The first kappa shape index (κ1) is 15.3. The Morgan fingerprint density at radius 1 is 0.958 bits per heavy atom. The Labute approximate surface area is 141 Å². The molecule has 0 spiro atoms. The van der Waals surface area contributed by atoms with Crippen LogP contribution >= 0.6 is 0 Å². The lowest BCUT2D eigenvalue weighted by Crippen LogP contribution is -2.33. The van der Waals surface area contributed by atoms with Gasteiger partial charge in [-0.25, -0.2) is 0 Å². The van der Waals surface area contributed by atoms with Crippen molar-refractivity contribution in [2.24, 2.45) is 0 Å². The Morgan fingerprint density at radius 3 is 2.46 bits per heavy atom. The second-order valence-electron chi connectivity index (χ2n) is 6.51. The van der Waals surface area contributed by atoms with Crippen LogP contribution in [0, 0.1) is 0 Å². The molecule has 4 rings (SSSR count). The summed E-state index contributed by atoms with van der Waals surface area (Å²) in [6, 6.07) is 14.3. The lowest BCUT2D eigenvalue weighted by atomic mass is 9.95. The number of fused-ring (bicyclic) bond motifs is 1. The van der Waals surface area contributed by atoms with E-state index in [2.05, 4.69) is 37.8 Å². The molecule has 0 atom stereocenters. The largest absolute Gasteiger partial charge is 0.392 e. The molecule has 0 unspecified atom stereocenters. The van der Waals surface area contributed by atoms with Crippen LogP contribution in [0.15, 0.2) is 48.7 Å².